The highest BCUT2D eigenvalue weighted by atomic mass is 16.3. The predicted octanol–water partition coefficient (Wildman–Crippen LogP) is 1.49. The van der Waals surface area contributed by atoms with Gasteiger partial charge in [-0.15, -0.1) is 0 Å². The molecule has 86 valence electrons. The maximum Gasteiger partial charge on any atom is 0.138 e. The Kier molecular flexibility index (Phi) is 2.49. The Morgan fingerprint density at radius 3 is 2.53 bits per heavy atom. The van der Waals surface area contributed by atoms with Gasteiger partial charge in [-0.2, -0.15) is 0 Å². The second-order valence-corrected chi connectivity index (χ2v) is 4.15. The lowest BCUT2D eigenvalue weighted by Gasteiger charge is -2.18. The highest BCUT2D eigenvalue weighted by Crippen LogP contribution is 2.28. The van der Waals surface area contributed by atoms with Crippen molar-refractivity contribution in [3.8, 4) is 0 Å². The van der Waals surface area contributed by atoms with Crippen LogP contribution in [0.2, 0.25) is 0 Å². The van der Waals surface area contributed by atoms with Gasteiger partial charge in [-0.3, -0.25) is 0 Å². The minimum absolute atomic E-state index is 0.0248. The van der Waals surface area contributed by atoms with E-state index in [1.165, 1.54) is 17.5 Å². The summed E-state index contributed by atoms with van der Waals surface area (Å²) in [6.45, 7) is 1.67. The molecule has 1 N–H and O–H groups in total. The quantitative estimate of drug-likeness (QED) is 0.844. The first-order chi connectivity index (χ1) is 8.38. The van der Waals surface area contributed by atoms with Crippen LogP contribution in [0.5, 0.6) is 0 Å². The van der Waals surface area contributed by atoms with E-state index in [1.54, 1.807) is 6.20 Å². The fourth-order valence-electron chi connectivity index (χ4n) is 2.23. The second-order valence-electron chi connectivity index (χ2n) is 4.15. The summed E-state index contributed by atoms with van der Waals surface area (Å²) < 4.78 is 0. The monoisotopic (exact) mass is 227 g/mol. The molecular weight excluding hydrogens is 214 g/mol. The van der Waals surface area contributed by atoms with Crippen molar-refractivity contribution in [3.63, 3.8) is 0 Å². The van der Waals surface area contributed by atoms with E-state index >= 15 is 0 Å². The van der Waals surface area contributed by atoms with Crippen molar-refractivity contribution >= 4 is 5.82 Å². The summed E-state index contributed by atoms with van der Waals surface area (Å²) in [7, 11) is 0. The molecule has 1 aliphatic rings. The topological polar surface area (TPSA) is 49.3 Å². The first-order valence-electron chi connectivity index (χ1n) is 5.60. The van der Waals surface area contributed by atoms with Crippen LogP contribution in [0.1, 0.15) is 16.7 Å². The van der Waals surface area contributed by atoms with Crippen molar-refractivity contribution in [3.05, 3.63) is 53.5 Å². The molecule has 0 unspecified atom stereocenters. The fraction of sp³-hybridized carbons (Fsp3) is 0.231. The maximum absolute atomic E-state index is 9.29. The number of hydrogen-bond acceptors (Lipinski definition) is 4. The third kappa shape index (κ3) is 1.76. The van der Waals surface area contributed by atoms with Gasteiger partial charge in [0.2, 0.25) is 0 Å². The molecule has 2 heterocycles. The van der Waals surface area contributed by atoms with E-state index in [0.717, 1.165) is 24.5 Å². The van der Waals surface area contributed by atoms with E-state index < -0.39 is 0 Å². The third-order valence-electron chi connectivity index (χ3n) is 3.07. The van der Waals surface area contributed by atoms with Gasteiger partial charge in [0, 0.05) is 24.8 Å². The summed E-state index contributed by atoms with van der Waals surface area (Å²) in [6, 6.07) is 8.37. The molecule has 2 aromatic rings. The van der Waals surface area contributed by atoms with Gasteiger partial charge < -0.3 is 10.0 Å². The molecule has 0 radical (unpaired) electrons. The second kappa shape index (κ2) is 4.14. The van der Waals surface area contributed by atoms with Crippen LogP contribution < -0.4 is 4.90 Å². The summed E-state index contributed by atoms with van der Waals surface area (Å²) in [4.78, 5) is 10.4. The first-order valence-corrected chi connectivity index (χ1v) is 5.60. The summed E-state index contributed by atoms with van der Waals surface area (Å²) in [5, 5.41) is 9.29. The molecule has 0 aliphatic carbocycles. The summed E-state index contributed by atoms with van der Waals surface area (Å²) in [5.74, 6) is 0.832. The molecule has 17 heavy (non-hydrogen) atoms. The molecule has 0 saturated heterocycles. The zero-order chi connectivity index (χ0) is 11.7. The summed E-state index contributed by atoms with van der Waals surface area (Å²) >= 11 is 0. The molecule has 1 aromatic carbocycles. The predicted molar refractivity (Wildman–Crippen MR) is 64.3 cm³/mol. The van der Waals surface area contributed by atoms with E-state index in [0.29, 0.717) is 0 Å². The van der Waals surface area contributed by atoms with Gasteiger partial charge in [0.15, 0.2) is 0 Å². The first kappa shape index (κ1) is 10.2. The molecule has 0 saturated carbocycles. The number of benzene rings is 1. The lowest BCUT2D eigenvalue weighted by molar-refractivity contribution is 0.281. The van der Waals surface area contributed by atoms with Gasteiger partial charge in [-0.05, 0) is 11.1 Å². The maximum atomic E-state index is 9.29. The van der Waals surface area contributed by atoms with Crippen molar-refractivity contribution < 1.29 is 5.11 Å². The molecule has 4 heteroatoms. The van der Waals surface area contributed by atoms with Crippen molar-refractivity contribution in [2.24, 2.45) is 0 Å². The lowest BCUT2D eigenvalue weighted by Crippen LogP contribution is -2.18. The molecule has 0 amide bonds. The Bertz CT molecular complexity index is 517. The fourth-order valence-corrected chi connectivity index (χ4v) is 2.23. The van der Waals surface area contributed by atoms with E-state index in [2.05, 4.69) is 39.1 Å². The minimum Gasteiger partial charge on any atom is -0.391 e. The van der Waals surface area contributed by atoms with Crippen LogP contribution in [-0.4, -0.2) is 15.1 Å². The molecule has 0 bridgehead atoms. The molecule has 3 rings (SSSR count). The molecule has 1 aliphatic heterocycles. The zero-order valence-corrected chi connectivity index (χ0v) is 9.37. The van der Waals surface area contributed by atoms with Crippen LogP contribution in [-0.2, 0) is 19.7 Å². The summed E-state index contributed by atoms with van der Waals surface area (Å²) in [6.07, 6.45) is 3.20. The molecular formula is C13H13N3O. The van der Waals surface area contributed by atoms with Crippen molar-refractivity contribution in [2.75, 3.05) is 4.90 Å². The summed E-state index contributed by atoms with van der Waals surface area (Å²) in [5.41, 5.74) is 3.44. The number of aromatic nitrogens is 2. The van der Waals surface area contributed by atoms with E-state index in [-0.39, 0.29) is 6.61 Å². The third-order valence-corrected chi connectivity index (χ3v) is 3.07. The Labute approximate surface area is 99.6 Å². The van der Waals surface area contributed by atoms with Gasteiger partial charge in [0.1, 0.15) is 12.1 Å². The van der Waals surface area contributed by atoms with Crippen LogP contribution in [0.15, 0.2) is 36.8 Å². The van der Waals surface area contributed by atoms with Crippen LogP contribution >= 0.6 is 0 Å². The van der Waals surface area contributed by atoms with Gasteiger partial charge in [0.05, 0.1) is 6.61 Å². The van der Waals surface area contributed by atoms with Gasteiger partial charge >= 0.3 is 0 Å². The van der Waals surface area contributed by atoms with Gasteiger partial charge in [-0.25, -0.2) is 9.97 Å². The van der Waals surface area contributed by atoms with Crippen LogP contribution in [0.4, 0.5) is 5.82 Å². The minimum atomic E-state index is -0.0248. The number of nitrogens with zero attached hydrogens (tertiary/aromatic N) is 3. The smallest absolute Gasteiger partial charge is 0.138 e. The number of aliphatic hydroxyl groups excluding tert-OH is 1. The SMILES string of the molecule is OCc1cncnc1N1Cc2ccccc2C1. The van der Waals surface area contributed by atoms with Crippen LogP contribution in [0.3, 0.4) is 0 Å². The standard InChI is InChI=1S/C13H13N3O/c17-8-12-5-14-9-15-13(12)16-6-10-3-1-2-4-11(10)7-16/h1-5,9,17H,6-8H2. The van der Waals surface area contributed by atoms with Crippen molar-refractivity contribution in [2.45, 2.75) is 19.7 Å². The molecule has 0 spiro atoms. The number of hydrogen-bond donors (Lipinski definition) is 1. The largest absolute Gasteiger partial charge is 0.391 e. The number of anilines is 1. The Hall–Kier alpha value is -1.94. The molecule has 1 aromatic heterocycles. The normalized spacial score (nSPS) is 13.8. The zero-order valence-electron chi connectivity index (χ0n) is 9.37. The highest BCUT2D eigenvalue weighted by molar-refractivity contribution is 5.50. The van der Waals surface area contributed by atoms with Crippen molar-refractivity contribution in [1.29, 1.82) is 0 Å². The molecule has 0 fully saturated rings. The van der Waals surface area contributed by atoms with Crippen LogP contribution in [0, 0.1) is 0 Å². The van der Waals surface area contributed by atoms with Crippen molar-refractivity contribution in [1.82, 2.24) is 9.97 Å². The van der Waals surface area contributed by atoms with Crippen LogP contribution in [0.25, 0.3) is 0 Å². The Morgan fingerprint density at radius 2 is 1.88 bits per heavy atom. The van der Waals surface area contributed by atoms with E-state index in [1.807, 2.05) is 0 Å². The number of aliphatic hydroxyl groups is 1. The Balaban J connectivity index is 1.94. The highest BCUT2D eigenvalue weighted by Gasteiger charge is 2.21. The number of rotatable bonds is 2. The molecule has 4 nitrogen and oxygen atoms in total. The Morgan fingerprint density at radius 1 is 1.18 bits per heavy atom. The lowest BCUT2D eigenvalue weighted by atomic mass is 10.1. The average Bonchev–Trinajstić information content (AvgIpc) is 2.82. The number of fused-ring (bicyclic) bond motifs is 1. The molecule has 0 atom stereocenters. The average molecular weight is 227 g/mol. The van der Waals surface area contributed by atoms with Gasteiger partial charge in [-0.1, -0.05) is 24.3 Å². The van der Waals surface area contributed by atoms with E-state index in [9.17, 15) is 5.11 Å². The van der Waals surface area contributed by atoms with E-state index in [4.69, 9.17) is 0 Å². The van der Waals surface area contributed by atoms with Gasteiger partial charge in [0.25, 0.3) is 0 Å².